The van der Waals surface area contributed by atoms with Gasteiger partial charge in [0.1, 0.15) is 5.75 Å². The van der Waals surface area contributed by atoms with E-state index in [4.69, 9.17) is 4.74 Å². The molecule has 1 heterocycles. The number of aromatic nitrogens is 4. The third-order valence-electron chi connectivity index (χ3n) is 3.91. The number of amides is 1. The van der Waals surface area contributed by atoms with Crippen molar-refractivity contribution in [1.29, 1.82) is 0 Å². The third kappa shape index (κ3) is 5.30. The van der Waals surface area contributed by atoms with Crippen LogP contribution in [-0.4, -0.2) is 45.5 Å². The first-order chi connectivity index (χ1) is 13.2. The van der Waals surface area contributed by atoms with E-state index in [2.05, 4.69) is 20.8 Å². The van der Waals surface area contributed by atoms with E-state index in [-0.39, 0.29) is 11.7 Å². The summed E-state index contributed by atoms with van der Waals surface area (Å²) in [6, 6.07) is 15.7. The van der Waals surface area contributed by atoms with Crippen LogP contribution in [-0.2, 0) is 11.2 Å². The van der Waals surface area contributed by atoms with Crippen molar-refractivity contribution in [3.8, 4) is 11.4 Å². The van der Waals surface area contributed by atoms with Gasteiger partial charge in [0.05, 0.1) is 18.6 Å². The molecule has 140 valence electrons. The van der Waals surface area contributed by atoms with Crippen LogP contribution in [0.25, 0.3) is 5.69 Å². The summed E-state index contributed by atoms with van der Waals surface area (Å²) in [4.78, 5) is 12.1. The van der Waals surface area contributed by atoms with E-state index in [0.29, 0.717) is 11.7 Å². The Balaban J connectivity index is 1.47. The molecule has 0 fully saturated rings. The van der Waals surface area contributed by atoms with Crippen molar-refractivity contribution in [1.82, 2.24) is 25.5 Å². The van der Waals surface area contributed by atoms with E-state index in [9.17, 15) is 4.79 Å². The van der Waals surface area contributed by atoms with E-state index in [1.165, 1.54) is 11.8 Å². The first-order valence-corrected chi connectivity index (χ1v) is 9.52. The summed E-state index contributed by atoms with van der Waals surface area (Å²) in [6.07, 6.45) is 0.765. The van der Waals surface area contributed by atoms with Crippen LogP contribution in [0.3, 0.4) is 0 Å². The van der Waals surface area contributed by atoms with Crippen LogP contribution < -0.4 is 10.1 Å². The number of carbonyl (C=O) groups is 1. The average Bonchev–Trinajstić information content (AvgIpc) is 3.15. The number of rotatable bonds is 8. The number of hydrogen-bond acceptors (Lipinski definition) is 6. The standard InChI is InChI=1S/C19H21N5O2S/c1-14-4-3-5-16(12-14)24-19(21-22-23-24)27-13-18(25)20-11-10-15-6-8-17(26-2)9-7-15/h3-9,12H,10-11,13H2,1-2H3,(H,20,25). The number of aryl methyl sites for hydroxylation is 1. The summed E-state index contributed by atoms with van der Waals surface area (Å²) in [6.45, 7) is 2.59. The minimum absolute atomic E-state index is 0.0488. The van der Waals surface area contributed by atoms with E-state index in [0.717, 1.165) is 29.0 Å². The molecule has 1 amide bonds. The lowest BCUT2D eigenvalue weighted by Crippen LogP contribution is -2.27. The lowest BCUT2D eigenvalue weighted by atomic mass is 10.1. The van der Waals surface area contributed by atoms with E-state index in [1.807, 2.05) is 55.5 Å². The number of ether oxygens (including phenoxy) is 1. The molecule has 0 bridgehead atoms. The van der Waals surface area contributed by atoms with Crippen molar-refractivity contribution in [2.75, 3.05) is 19.4 Å². The van der Waals surface area contributed by atoms with Crippen LogP contribution >= 0.6 is 11.8 Å². The number of methoxy groups -OCH3 is 1. The zero-order chi connectivity index (χ0) is 19.1. The highest BCUT2D eigenvalue weighted by atomic mass is 32.2. The first-order valence-electron chi connectivity index (χ1n) is 8.53. The maximum absolute atomic E-state index is 12.1. The van der Waals surface area contributed by atoms with Crippen molar-refractivity contribution in [3.05, 3.63) is 59.7 Å². The second-order valence-electron chi connectivity index (χ2n) is 5.95. The molecule has 1 N–H and O–H groups in total. The molecular formula is C19H21N5O2S. The van der Waals surface area contributed by atoms with Gasteiger partial charge in [0.25, 0.3) is 0 Å². The number of nitrogens with one attached hydrogen (secondary N) is 1. The quantitative estimate of drug-likeness (QED) is 0.602. The largest absolute Gasteiger partial charge is 0.497 e. The van der Waals surface area contributed by atoms with Crippen LogP contribution in [0.2, 0.25) is 0 Å². The van der Waals surface area contributed by atoms with Crippen molar-refractivity contribution >= 4 is 17.7 Å². The van der Waals surface area contributed by atoms with Gasteiger partial charge >= 0.3 is 0 Å². The van der Waals surface area contributed by atoms with Gasteiger partial charge in [-0.3, -0.25) is 4.79 Å². The van der Waals surface area contributed by atoms with Gasteiger partial charge in [-0.25, -0.2) is 0 Å². The topological polar surface area (TPSA) is 81.9 Å². The van der Waals surface area contributed by atoms with Gasteiger partial charge in [-0.05, 0) is 59.2 Å². The normalized spacial score (nSPS) is 10.6. The summed E-state index contributed by atoms with van der Waals surface area (Å²) in [5.41, 5.74) is 3.14. The zero-order valence-electron chi connectivity index (χ0n) is 15.3. The smallest absolute Gasteiger partial charge is 0.230 e. The molecule has 0 aliphatic rings. The number of benzene rings is 2. The summed E-state index contributed by atoms with van der Waals surface area (Å²) in [5, 5.41) is 15.3. The maximum Gasteiger partial charge on any atom is 0.230 e. The molecule has 8 heteroatoms. The van der Waals surface area contributed by atoms with Gasteiger partial charge in [0.2, 0.25) is 11.1 Å². The molecule has 0 unspecified atom stereocenters. The number of tetrazole rings is 1. The number of thioether (sulfide) groups is 1. The highest BCUT2D eigenvalue weighted by Crippen LogP contribution is 2.18. The summed E-state index contributed by atoms with van der Waals surface area (Å²) in [7, 11) is 1.64. The van der Waals surface area contributed by atoms with Crippen LogP contribution in [0, 0.1) is 6.92 Å². The number of hydrogen-bond donors (Lipinski definition) is 1. The molecule has 0 aliphatic heterocycles. The fraction of sp³-hybridized carbons (Fsp3) is 0.263. The predicted molar refractivity (Wildman–Crippen MR) is 104 cm³/mol. The minimum Gasteiger partial charge on any atom is -0.497 e. The van der Waals surface area contributed by atoms with Crippen molar-refractivity contribution in [3.63, 3.8) is 0 Å². The van der Waals surface area contributed by atoms with Gasteiger partial charge in [0, 0.05) is 6.54 Å². The Morgan fingerprint density at radius 1 is 1.22 bits per heavy atom. The highest BCUT2D eigenvalue weighted by Gasteiger charge is 2.11. The highest BCUT2D eigenvalue weighted by molar-refractivity contribution is 7.99. The molecule has 0 saturated heterocycles. The molecule has 0 saturated carbocycles. The molecule has 0 aliphatic carbocycles. The van der Waals surface area contributed by atoms with E-state index >= 15 is 0 Å². The summed E-state index contributed by atoms with van der Waals surface area (Å²) >= 11 is 1.31. The first kappa shape index (κ1) is 18.9. The van der Waals surface area contributed by atoms with Gasteiger partial charge in [-0.1, -0.05) is 36.0 Å². The monoisotopic (exact) mass is 383 g/mol. The Morgan fingerprint density at radius 2 is 2.04 bits per heavy atom. The molecule has 7 nitrogen and oxygen atoms in total. The number of nitrogens with zero attached hydrogens (tertiary/aromatic N) is 4. The molecule has 0 radical (unpaired) electrons. The minimum atomic E-state index is -0.0488. The summed E-state index contributed by atoms with van der Waals surface area (Å²) < 4.78 is 6.78. The molecule has 3 rings (SSSR count). The Hall–Kier alpha value is -2.87. The number of carbonyl (C=O) groups excluding carboxylic acids is 1. The van der Waals surface area contributed by atoms with Crippen LogP contribution in [0.5, 0.6) is 5.75 Å². The summed E-state index contributed by atoms with van der Waals surface area (Å²) in [5.74, 6) is 1.03. The fourth-order valence-electron chi connectivity index (χ4n) is 2.51. The molecule has 27 heavy (non-hydrogen) atoms. The zero-order valence-corrected chi connectivity index (χ0v) is 16.1. The predicted octanol–water partition coefficient (Wildman–Crippen LogP) is 2.43. The Bertz CT molecular complexity index is 895. The Labute approximate surface area is 162 Å². The van der Waals surface area contributed by atoms with Crippen molar-refractivity contribution < 1.29 is 9.53 Å². The molecule has 0 spiro atoms. The van der Waals surface area contributed by atoms with Crippen LogP contribution in [0.4, 0.5) is 0 Å². The molecule has 3 aromatic rings. The average molecular weight is 383 g/mol. The van der Waals surface area contributed by atoms with Gasteiger partial charge in [-0.2, -0.15) is 4.68 Å². The second-order valence-corrected chi connectivity index (χ2v) is 6.89. The molecular weight excluding hydrogens is 362 g/mol. The Morgan fingerprint density at radius 3 is 2.78 bits per heavy atom. The van der Waals surface area contributed by atoms with Crippen molar-refractivity contribution in [2.24, 2.45) is 0 Å². The van der Waals surface area contributed by atoms with Gasteiger partial charge < -0.3 is 10.1 Å². The second kappa shape index (κ2) is 9.18. The van der Waals surface area contributed by atoms with Crippen LogP contribution in [0.15, 0.2) is 53.7 Å². The third-order valence-corrected chi connectivity index (χ3v) is 4.83. The lowest BCUT2D eigenvalue weighted by molar-refractivity contribution is -0.118. The van der Waals surface area contributed by atoms with E-state index in [1.54, 1.807) is 11.8 Å². The molecule has 1 aromatic heterocycles. The fourth-order valence-corrected chi connectivity index (χ4v) is 3.23. The van der Waals surface area contributed by atoms with Gasteiger partial charge in [-0.15, -0.1) is 5.10 Å². The van der Waals surface area contributed by atoms with Crippen LogP contribution in [0.1, 0.15) is 11.1 Å². The SMILES string of the molecule is COc1ccc(CCNC(=O)CSc2nnnn2-c2cccc(C)c2)cc1. The van der Waals surface area contributed by atoms with E-state index < -0.39 is 0 Å². The maximum atomic E-state index is 12.1. The Kier molecular flexibility index (Phi) is 6.43. The van der Waals surface area contributed by atoms with Crippen molar-refractivity contribution in [2.45, 2.75) is 18.5 Å². The molecule has 0 atom stereocenters. The molecule has 2 aromatic carbocycles. The lowest BCUT2D eigenvalue weighted by Gasteiger charge is -2.07. The van der Waals surface area contributed by atoms with Gasteiger partial charge in [0.15, 0.2) is 0 Å².